The van der Waals surface area contributed by atoms with Gasteiger partial charge in [-0.1, -0.05) is 12.0 Å². The first-order valence-corrected chi connectivity index (χ1v) is 7.58. The predicted molar refractivity (Wildman–Crippen MR) is 96.7 cm³/mol. The molecule has 0 atom stereocenters. The van der Waals surface area contributed by atoms with Crippen molar-refractivity contribution in [1.29, 1.82) is 5.26 Å². The Bertz CT molecular complexity index is 943. The molecule has 126 valence electrons. The summed E-state index contributed by atoms with van der Waals surface area (Å²) in [6, 6.07) is 7.31. The second-order valence-electron chi connectivity index (χ2n) is 5.33. The number of hydrogen-bond donors (Lipinski definition) is 1. The third-order valence-corrected chi connectivity index (χ3v) is 3.61. The van der Waals surface area contributed by atoms with Gasteiger partial charge in [-0.05, 0) is 37.1 Å². The number of hydrogen-bond acceptors (Lipinski definition) is 4. The van der Waals surface area contributed by atoms with Crippen molar-refractivity contribution in [3.63, 3.8) is 0 Å². The summed E-state index contributed by atoms with van der Waals surface area (Å²) in [6.07, 6.45) is 7.53. The maximum atomic E-state index is 12.1. The molecule has 25 heavy (non-hydrogen) atoms. The van der Waals surface area contributed by atoms with E-state index in [4.69, 9.17) is 15.9 Å². The number of aryl methyl sites for hydroxylation is 1. The number of rotatable bonds is 6. The van der Waals surface area contributed by atoms with Crippen molar-refractivity contribution < 1.29 is 9.47 Å². The fraction of sp³-hybridized carbons (Fsp3) is 0.200. The monoisotopic (exact) mass is 334 g/mol. The highest BCUT2D eigenvalue weighted by molar-refractivity contribution is 5.74. The lowest BCUT2D eigenvalue weighted by molar-refractivity contribution is 0.328. The lowest BCUT2D eigenvalue weighted by atomic mass is 9.97. The van der Waals surface area contributed by atoms with Gasteiger partial charge < -0.3 is 14.5 Å². The first-order chi connectivity index (χ1) is 12.0. The highest BCUT2D eigenvalue weighted by atomic mass is 16.5. The van der Waals surface area contributed by atoms with Gasteiger partial charge in [0.25, 0.3) is 5.56 Å². The Hall–Kier alpha value is -3.44. The molecule has 0 unspecified atom stereocenters. The van der Waals surface area contributed by atoms with Gasteiger partial charge in [-0.25, -0.2) is 0 Å². The lowest BCUT2D eigenvalue weighted by Gasteiger charge is -2.16. The number of nitrogens with zero attached hydrogens (tertiary/aromatic N) is 1. The molecule has 0 fully saturated rings. The molecule has 1 aromatic heterocycles. The van der Waals surface area contributed by atoms with Gasteiger partial charge in [0.1, 0.15) is 18.2 Å². The molecule has 0 aliphatic carbocycles. The molecule has 5 heteroatoms. The normalized spacial score (nSPS) is 9.76. The summed E-state index contributed by atoms with van der Waals surface area (Å²) >= 11 is 0. The van der Waals surface area contributed by atoms with Gasteiger partial charge >= 0.3 is 0 Å². The average Bonchev–Trinajstić information content (AvgIpc) is 2.59. The van der Waals surface area contributed by atoms with E-state index in [0.29, 0.717) is 34.7 Å². The van der Waals surface area contributed by atoms with Gasteiger partial charge in [-0.15, -0.1) is 13.0 Å². The van der Waals surface area contributed by atoms with E-state index in [1.165, 1.54) is 7.11 Å². The molecule has 0 spiro atoms. The number of aromatic amines is 1. The Morgan fingerprint density at radius 2 is 2.16 bits per heavy atom. The van der Waals surface area contributed by atoms with Gasteiger partial charge in [-0.3, -0.25) is 4.79 Å². The molecule has 0 bridgehead atoms. The number of ether oxygens (including phenoxy) is 2. The largest absolute Gasteiger partial charge is 0.493 e. The van der Waals surface area contributed by atoms with Crippen molar-refractivity contribution in [3.8, 4) is 41.0 Å². The van der Waals surface area contributed by atoms with Gasteiger partial charge in [-0.2, -0.15) is 5.26 Å². The smallest absolute Gasteiger partial charge is 0.266 e. The van der Waals surface area contributed by atoms with Crippen molar-refractivity contribution in [3.05, 3.63) is 58.0 Å². The van der Waals surface area contributed by atoms with E-state index in [2.05, 4.69) is 17.5 Å². The van der Waals surface area contributed by atoms with Gasteiger partial charge in [0.05, 0.1) is 7.11 Å². The van der Waals surface area contributed by atoms with Crippen molar-refractivity contribution in [2.24, 2.45) is 0 Å². The standard InChI is InChI=1S/C20H18N2O3/c1-5-7-14-10-15(11-18(24-4)19(14)25-8-6-2)16-9-13(3)22-20(23)17(16)12-21/h2,5,9-11H,1,7-8H2,3-4H3,(H,22,23). The summed E-state index contributed by atoms with van der Waals surface area (Å²) in [7, 11) is 1.52. The minimum atomic E-state index is -0.422. The van der Waals surface area contributed by atoms with E-state index in [-0.39, 0.29) is 12.2 Å². The van der Waals surface area contributed by atoms with Crippen molar-refractivity contribution in [2.75, 3.05) is 13.7 Å². The van der Waals surface area contributed by atoms with Crippen LogP contribution in [0.25, 0.3) is 11.1 Å². The molecule has 1 N–H and O–H groups in total. The number of pyridine rings is 1. The van der Waals surface area contributed by atoms with E-state index >= 15 is 0 Å². The molecular weight excluding hydrogens is 316 g/mol. The first kappa shape index (κ1) is 17.9. The van der Waals surface area contributed by atoms with Crippen molar-refractivity contribution in [1.82, 2.24) is 4.98 Å². The van der Waals surface area contributed by atoms with Crippen LogP contribution in [0.4, 0.5) is 0 Å². The number of nitriles is 1. The Balaban J connectivity index is 2.74. The average molecular weight is 334 g/mol. The molecule has 0 amide bonds. The quantitative estimate of drug-likeness (QED) is 0.651. The summed E-state index contributed by atoms with van der Waals surface area (Å²) in [5.74, 6) is 3.43. The van der Waals surface area contributed by atoms with Crippen LogP contribution in [0, 0.1) is 30.6 Å². The summed E-state index contributed by atoms with van der Waals surface area (Å²) in [6.45, 7) is 5.62. The van der Waals surface area contributed by atoms with Crippen LogP contribution in [0.3, 0.4) is 0 Å². The fourth-order valence-electron chi connectivity index (χ4n) is 2.58. The molecule has 2 aromatic rings. The van der Waals surface area contributed by atoms with Crippen LogP contribution >= 0.6 is 0 Å². The number of terminal acetylenes is 1. The molecule has 0 aliphatic rings. The first-order valence-electron chi connectivity index (χ1n) is 7.58. The topological polar surface area (TPSA) is 75.1 Å². The Kier molecular flexibility index (Phi) is 5.66. The summed E-state index contributed by atoms with van der Waals surface area (Å²) in [5, 5.41) is 9.36. The number of methoxy groups -OCH3 is 1. The van der Waals surface area contributed by atoms with E-state index in [9.17, 15) is 10.1 Å². The highest BCUT2D eigenvalue weighted by Crippen LogP contribution is 2.37. The van der Waals surface area contributed by atoms with Crippen LogP contribution in [0.15, 0.2) is 35.6 Å². The van der Waals surface area contributed by atoms with E-state index in [0.717, 1.165) is 5.56 Å². The van der Waals surface area contributed by atoms with Crippen LogP contribution in [-0.2, 0) is 6.42 Å². The van der Waals surface area contributed by atoms with Crippen LogP contribution in [0.1, 0.15) is 16.8 Å². The summed E-state index contributed by atoms with van der Waals surface area (Å²) in [4.78, 5) is 14.7. The fourth-order valence-corrected chi connectivity index (χ4v) is 2.58. The Labute approximate surface area is 146 Å². The van der Waals surface area contributed by atoms with Crippen LogP contribution in [-0.4, -0.2) is 18.7 Å². The molecule has 1 aromatic carbocycles. The second-order valence-corrected chi connectivity index (χ2v) is 5.33. The molecule has 5 nitrogen and oxygen atoms in total. The zero-order valence-corrected chi connectivity index (χ0v) is 14.2. The van der Waals surface area contributed by atoms with Crippen LogP contribution in [0.2, 0.25) is 0 Å². The SMILES string of the molecule is C#CCOc1c(CC=C)cc(-c2cc(C)[nH]c(=O)c2C#N)cc1OC. The van der Waals surface area contributed by atoms with Gasteiger partial charge in [0.15, 0.2) is 11.5 Å². The van der Waals surface area contributed by atoms with Crippen molar-refractivity contribution in [2.45, 2.75) is 13.3 Å². The van der Waals surface area contributed by atoms with Crippen molar-refractivity contribution >= 4 is 0 Å². The summed E-state index contributed by atoms with van der Waals surface area (Å²) in [5.41, 5.74) is 2.32. The van der Waals surface area contributed by atoms with Crippen LogP contribution in [0.5, 0.6) is 11.5 Å². The molecule has 0 saturated carbocycles. The Morgan fingerprint density at radius 3 is 2.76 bits per heavy atom. The maximum Gasteiger partial charge on any atom is 0.266 e. The Morgan fingerprint density at radius 1 is 1.40 bits per heavy atom. The zero-order valence-electron chi connectivity index (χ0n) is 14.2. The molecule has 0 radical (unpaired) electrons. The van der Waals surface area contributed by atoms with Crippen LogP contribution < -0.4 is 15.0 Å². The predicted octanol–water partition coefficient (Wildman–Crippen LogP) is 2.97. The molecule has 2 rings (SSSR count). The van der Waals surface area contributed by atoms with Gasteiger partial charge in [0.2, 0.25) is 0 Å². The lowest BCUT2D eigenvalue weighted by Crippen LogP contribution is -2.13. The zero-order chi connectivity index (χ0) is 18.4. The minimum Gasteiger partial charge on any atom is -0.493 e. The molecule has 1 heterocycles. The molecule has 0 saturated heterocycles. The number of benzene rings is 1. The second kappa shape index (κ2) is 7.90. The van der Waals surface area contributed by atoms with E-state index < -0.39 is 5.56 Å². The summed E-state index contributed by atoms with van der Waals surface area (Å²) < 4.78 is 11.0. The molecule has 0 aliphatic heterocycles. The van der Waals surface area contributed by atoms with E-state index in [1.54, 1.807) is 25.1 Å². The third-order valence-electron chi connectivity index (χ3n) is 3.61. The highest BCUT2D eigenvalue weighted by Gasteiger charge is 2.17. The molecular formula is C20H18N2O3. The number of allylic oxidation sites excluding steroid dienone is 1. The minimum absolute atomic E-state index is 0.0505. The third kappa shape index (κ3) is 3.73. The van der Waals surface area contributed by atoms with Gasteiger partial charge in [0, 0.05) is 16.8 Å². The number of aromatic nitrogens is 1. The number of H-pyrrole nitrogens is 1. The van der Waals surface area contributed by atoms with E-state index in [1.807, 2.05) is 12.1 Å². The maximum absolute atomic E-state index is 12.1. The number of nitrogens with one attached hydrogen (secondary N) is 1.